The minimum absolute atomic E-state index is 0.570. The van der Waals surface area contributed by atoms with Crippen LogP contribution < -0.4 is 0 Å². The van der Waals surface area contributed by atoms with Crippen LogP contribution in [0.2, 0.25) is 0 Å². The fourth-order valence-electron chi connectivity index (χ4n) is 0.278. The lowest BCUT2D eigenvalue weighted by molar-refractivity contribution is 0.512. The average Bonchev–Trinajstić information content (AvgIpc) is 1.87. The third-order valence-electron chi connectivity index (χ3n) is 0.523. The Morgan fingerprint density at radius 1 is 1.86 bits per heavy atom. The van der Waals surface area contributed by atoms with Crippen molar-refractivity contribution in [3.63, 3.8) is 0 Å². The SMILES string of the molecule is Cc1co[p+](=O)o1. The van der Waals surface area contributed by atoms with Crippen molar-refractivity contribution < 1.29 is 13.0 Å². The molecule has 1 rings (SSSR count). The van der Waals surface area contributed by atoms with Gasteiger partial charge in [0.25, 0.3) is 0 Å². The number of hydrogen-bond acceptors (Lipinski definition) is 3. The summed E-state index contributed by atoms with van der Waals surface area (Å²) in [6.45, 7) is 1.68. The molecule has 0 aromatic carbocycles. The monoisotopic (exact) mass is 119 g/mol. The third-order valence-corrected chi connectivity index (χ3v) is 1.24. The zero-order valence-electron chi connectivity index (χ0n) is 3.75. The minimum Gasteiger partial charge on any atom is -0.226 e. The molecule has 0 saturated heterocycles. The van der Waals surface area contributed by atoms with Gasteiger partial charge in [0, 0.05) is 11.5 Å². The molecule has 0 N–H and O–H groups in total. The van der Waals surface area contributed by atoms with Crippen LogP contribution in [0.1, 0.15) is 5.76 Å². The van der Waals surface area contributed by atoms with Crippen molar-refractivity contribution in [2.45, 2.75) is 6.92 Å². The summed E-state index contributed by atoms with van der Waals surface area (Å²) in [4.78, 5) is 0. The van der Waals surface area contributed by atoms with Crippen LogP contribution in [0.4, 0.5) is 0 Å². The molecule has 0 bridgehead atoms. The zero-order valence-corrected chi connectivity index (χ0v) is 4.64. The summed E-state index contributed by atoms with van der Waals surface area (Å²) < 4.78 is 19.0. The van der Waals surface area contributed by atoms with Crippen molar-refractivity contribution in [3.8, 4) is 0 Å². The van der Waals surface area contributed by atoms with Gasteiger partial charge in [0.2, 0.25) is 5.76 Å². The van der Waals surface area contributed by atoms with Crippen molar-refractivity contribution in [1.29, 1.82) is 0 Å². The summed E-state index contributed by atoms with van der Waals surface area (Å²) in [6, 6.07) is 0. The van der Waals surface area contributed by atoms with E-state index in [0.717, 1.165) is 0 Å². The Labute approximate surface area is 40.9 Å². The van der Waals surface area contributed by atoms with E-state index in [2.05, 4.69) is 8.39 Å². The highest BCUT2D eigenvalue weighted by Crippen LogP contribution is 2.15. The Balaban J connectivity index is 3.30. The molecule has 0 fully saturated rings. The van der Waals surface area contributed by atoms with Crippen LogP contribution >= 0.6 is 7.89 Å². The van der Waals surface area contributed by atoms with E-state index < -0.39 is 7.89 Å². The van der Waals surface area contributed by atoms with Crippen molar-refractivity contribution in [3.05, 3.63) is 12.0 Å². The van der Waals surface area contributed by atoms with Gasteiger partial charge in [-0.25, -0.2) is 8.39 Å². The first-order valence-electron chi connectivity index (χ1n) is 1.78. The highest BCUT2D eigenvalue weighted by atomic mass is 31.1. The first kappa shape index (κ1) is 4.60. The highest BCUT2D eigenvalue weighted by Gasteiger charge is 2.04. The van der Waals surface area contributed by atoms with Gasteiger partial charge in [-0.15, -0.1) is 0 Å². The molecule has 0 amide bonds. The number of aryl methyl sites for hydroxylation is 1. The second kappa shape index (κ2) is 1.51. The Morgan fingerprint density at radius 3 is 2.71 bits per heavy atom. The molecule has 3 nitrogen and oxygen atoms in total. The van der Waals surface area contributed by atoms with Gasteiger partial charge in [-0.3, -0.25) is 0 Å². The molecule has 1 aromatic heterocycles. The van der Waals surface area contributed by atoms with Crippen LogP contribution in [0.25, 0.3) is 0 Å². The van der Waals surface area contributed by atoms with E-state index in [1.807, 2.05) is 0 Å². The Bertz CT molecular complexity index is 198. The molecule has 7 heavy (non-hydrogen) atoms. The minimum atomic E-state index is -1.85. The zero-order chi connectivity index (χ0) is 5.28. The van der Waals surface area contributed by atoms with Gasteiger partial charge in [0.1, 0.15) is 0 Å². The molecular weight excluding hydrogens is 115 g/mol. The van der Waals surface area contributed by atoms with Gasteiger partial charge >= 0.3 is 7.89 Å². The van der Waals surface area contributed by atoms with E-state index in [1.165, 1.54) is 6.26 Å². The predicted octanol–water partition coefficient (Wildman–Crippen LogP) is 1.92. The van der Waals surface area contributed by atoms with Gasteiger partial charge < -0.3 is 0 Å². The lowest BCUT2D eigenvalue weighted by Gasteiger charge is -1.53. The van der Waals surface area contributed by atoms with Gasteiger partial charge in [-0.2, -0.15) is 0 Å². The fraction of sp³-hybridized carbons (Fsp3) is 0.333. The molecule has 1 unspecified atom stereocenters. The van der Waals surface area contributed by atoms with Crippen LogP contribution in [0.5, 0.6) is 0 Å². The maximum atomic E-state index is 10.1. The maximum Gasteiger partial charge on any atom is 0.804 e. The van der Waals surface area contributed by atoms with Crippen LogP contribution in [-0.4, -0.2) is 0 Å². The van der Waals surface area contributed by atoms with E-state index in [4.69, 9.17) is 0 Å². The van der Waals surface area contributed by atoms with Crippen molar-refractivity contribution >= 4 is 7.89 Å². The largest absolute Gasteiger partial charge is 0.804 e. The second-order valence-corrected chi connectivity index (χ2v) is 1.99. The normalized spacial score (nSPS) is 11.9. The van der Waals surface area contributed by atoms with Crippen molar-refractivity contribution in [1.82, 2.24) is 0 Å². The van der Waals surface area contributed by atoms with Gasteiger partial charge in [-0.05, 0) is 0 Å². The lowest BCUT2D eigenvalue weighted by Crippen LogP contribution is -1.47. The third kappa shape index (κ3) is 0.904. The van der Waals surface area contributed by atoms with E-state index in [9.17, 15) is 4.57 Å². The van der Waals surface area contributed by atoms with Gasteiger partial charge in [0.05, 0.1) is 0 Å². The lowest BCUT2D eigenvalue weighted by atomic mass is 10.6. The number of rotatable bonds is 0. The molecule has 1 atom stereocenters. The predicted molar refractivity (Wildman–Crippen MR) is 23.3 cm³/mol. The molecule has 0 aliphatic carbocycles. The molecule has 1 aromatic rings. The molecule has 0 spiro atoms. The topological polar surface area (TPSA) is 43.4 Å². The molecule has 0 saturated carbocycles. The van der Waals surface area contributed by atoms with E-state index >= 15 is 0 Å². The first-order valence-corrected chi connectivity index (χ1v) is 2.87. The van der Waals surface area contributed by atoms with E-state index in [-0.39, 0.29) is 0 Å². The number of hydrogen-bond donors (Lipinski definition) is 0. The summed E-state index contributed by atoms with van der Waals surface area (Å²) in [7, 11) is -1.85. The molecule has 4 heteroatoms. The Kier molecular flexibility index (Phi) is 0.988. The average molecular weight is 119 g/mol. The van der Waals surface area contributed by atoms with Crippen molar-refractivity contribution in [2.75, 3.05) is 0 Å². The summed E-state index contributed by atoms with van der Waals surface area (Å²) in [5.74, 6) is 0.570. The second-order valence-electron chi connectivity index (χ2n) is 1.15. The standard InChI is InChI=1S/C3H4O3P/c1-3-2-5-7(4)6-3/h2H,1H3/q+1. The van der Waals surface area contributed by atoms with Gasteiger partial charge in [0.15, 0.2) is 6.26 Å². The van der Waals surface area contributed by atoms with Gasteiger partial charge in [-0.1, -0.05) is 0 Å². The fourth-order valence-corrected chi connectivity index (χ4v) is 0.834. The van der Waals surface area contributed by atoms with E-state index in [0.29, 0.717) is 5.76 Å². The first-order chi connectivity index (χ1) is 3.29. The molecule has 0 aliphatic heterocycles. The summed E-state index contributed by atoms with van der Waals surface area (Å²) in [5.41, 5.74) is 0. The highest BCUT2D eigenvalue weighted by molar-refractivity contribution is 7.22. The van der Waals surface area contributed by atoms with Crippen LogP contribution in [0.15, 0.2) is 14.7 Å². The maximum absolute atomic E-state index is 10.1. The quantitative estimate of drug-likeness (QED) is 0.523. The molecule has 0 aliphatic rings. The molecule has 1 heterocycles. The Morgan fingerprint density at radius 2 is 2.57 bits per heavy atom. The molecule has 0 radical (unpaired) electrons. The van der Waals surface area contributed by atoms with Crippen LogP contribution in [0.3, 0.4) is 0 Å². The summed E-state index contributed by atoms with van der Waals surface area (Å²) >= 11 is 0. The molecule has 38 valence electrons. The Hall–Kier alpha value is -0.560. The van der Waals surface area contributed by atoms with E-state index in [1.54, 1.807) is 6.92 Å². The summed E-state index contributed by atoms with van der Waals surface area (Å²) in [5, 5.41) is 0. The summed E-state index contributed by atoms with van der Waals surface area (Å²) in [6.07, 6.45) is 1.33. The van der Waals surface area contributed by atoms with Crippen LogP contribution in [0, 0.1) is 6.92 Å². The van der Waals surface area contributed by atoms with Crippen molar-refractivity contribution in [2.24, 2.45) is 0 Å². The smallest absolute Gasteiger partial charge is 0.226 e. The molecular formula is C3H4O3P+. The van der Waals surface area contributed by atoms with Crippen LogP contribution in [-0.2, 0) is 4.57 Å².